The lowest BCUT2D eigenvalue weighted by Gasteiger charge is -2.16. The van der Waals surface area contributed by atoms with Gasteiger partial charge in [-0.25, -0.2) is 4.98 Å². The Morgan fingerprint density at radius 2 is 1.80 bits per heavy atom. The molecule has 2 amide bonds. The van der Waals surface area contributed by atoms with Gasteiger partial charge in [0.1, 0.15) is 11.5 Å². The van der Waals surface area contributed by atoms with E-state index in [0.717, 1.165) is 5.56 Å². The van der Waals surface area contributed by atoms with Crippen molar-refractivity contribution in [3.63, 3.8) is 0 Å². The normalized spacial score (nSPS) is 10.4. The average Bonchev–Trinajstić information content (AvgIpc) is 3.33. The van der Waals surface area contributed by atoms with Crippen LogP contribution >= 0.6 is 22.9 Å². The van der Waals surface area contributed by atoms with E-state index in [0.29, 0.717) is 32.9 Å². The van der Waals surface area contributed by atoms with E-state index in [1.165, 1.54) is 23.3 Å². The molecule has 0 spiro atoms. The van der Waals surface area contributed by atoms with Gasteiger partial charge in [-0.1, -0.05) is 11.6 Å². The van der Waals surface area contributed by atoms with Crippen LogP contribution in [0.25, 0.3) is 11.3 Å². The third kappa shape index (κ3) is 7.17. The number of carbonyl (C=O) groups excluding carboxylic acids is 3. The number of anilines is 1. The van der Waals surface area contributed by atoms with Gasteiger partial charge in [-0.15, -0.1) is 11.3 Å². The van der Waals surface area contributed by atoms with Crippen LogP contribution < -0.4 is 14.8 Å². The van der Waals surface area contributed by atoms with Crippen LogP contribution in [0.2, 0.25) is 5.02 Å². The molecule has 1 aromatic heterocycles. The van der Waals surface area contributed by atoms with Crippen LogP contribution in [0.15, 0.2) is 47.8 Å². The summed E-state index contributed by atoms with van der Waals surface area (Å²) in [5.74, 6) is 0.0638. The highest BCUT2D eigenvalue weighted by Crippen LogP contribution is 2.33. The van der Waals surface area contributed by atoms with Crippen molar-refractivity contribution in [2.45, 2.75) is 6.42 Å². The second-order valence-corrected chi connectivity index (χ2v) is 8.56. The highest BCUT2D eigenvalue weighted by Gasteiger charge is 2.14. The number of methoxy groups -OCH3 is 2. The summed E-state index contributed by atoms with van der Waals surface area (Å²) < 4.78 is 15.2. The zero-order valence-electron chi connectivity index (χ0n) is 19.4. The number of esters is 1. The SMILES string of the molecule is COC(=O)CCN(C)C(=O)COc1ccc(C(=O)Nc2nc(-c3ccc(OC)cc3Cl)cs2)cc1. The minimum absolute atomic E-state index is 0.107. The molecule has 0 atom stereocenters. The van der Waals surface area contributed by atoms with Gasteiger partial charge in [0, 0.05) is 30.1 Å². The number of hydrogen-bond donors (Lipinski definition) is 1. The van der Waals surface area contributed by atoms with Crippen LogP contribution in [0.3, 0.4) is 0 Å². The maximum atomic E-state index is 12.6. The minimum Gasteiger partial charge on any atom is -0.497 e. The number of amides is 2. The summed E-state index contributed by atoms with van der Waals surface area (Å²) in [6.45, 7) is 0.0378. The summed E-state index contributed by atoms with van der Waals surface area (Å²) in [6, 6.07) is 11.7. The molecular weight excluding hydrogens is 494 g/mol. The number of likely N-dealkylation sites (N-methyl/N-ethyl adjacent to an activating group) is 1. The van der Waals surface area contributed by atoms with Crippen molar-refractivity contribution < 1.29 is 28.6 Å². The third-order valence-electron chi connectivity index (χ3n) is 4.96. The van der Waals surface area contributed by atoms with Gasteiger partial charge in [-0.3, -0.25) is 19.7 Å². The van der Waals surface area contributed by atoms with Crippen LogP contribution in [-0.4, -0.2) is 62.1 Å². The van der Waals surface area contributed by atoms with E-state index < -0.39 is 5.97 Å². The first-order chi connectivity index (χ1) is 16.8. The van der Waals surface area contributed by atoms with E-state index in [2.05, 4.69) is 15.0 Å². The van der Waals surface area contributed by atoms with Gasteiger partial charge in [-0.2, -0.15) is 0 Å². The first-order valence-electron chi connectivity index (χ1n) is 10.4. The predicted molar refractivity (Wildman–Crippen MR) is 133 cm³/mol. The van der Waals surface area contributed by atoms with Crippen LogP contribution in [0.4, 0.5) is 5.13 Å². The molecule has 0 radical (unpaired) electrons. The number of nitrogens with one attached hydrogen (secondary N) is 1. The Kier molecular flexibility index (Phi) is 9.04. The fraction of sp³-hybridized carbons (Fsp3) is 0.250. The Morgan fingerprint density at radius 1 is 1.09 bits per heavy atom. The number of benzene rings is 2. The molecule has 0 saturated carbocycles. The molecule has 2 aromatic carbocycles. The molecule has 0 bridgehead atoms. The fourth-order valence-corrected chi connectivity index (χ4v) is 3.87. The molecule has 3 rings (SSSR count). The van der Waals surface area contributed by atoms with E-state index in [4.69, 9.17) is 21.1 Å². The first-order valence-corrected chi connectivity index (χ1v) is 11.7. The molecule has 0 unspecified atom stereocenters. The molecule has 9 nitrogen and oxygen atoms in total. The molecular formula is C24H24ClN3O6S. The van der Waals surface area contributed by atoms with Crippen molar-refractivity contribution in [2.24, 2.45) is 0 Å². The molecule has 0 aliphatic rings. The Hall–Kier alpha value is -3.63. The van der Waals surface area contributed by atoms with E-state index in [1.54, 1.807) is 55.9 Å². The largest absolute Gasteiger partial charge is 0.497 e. The van der Waals surface area contributed by atoms with E-state index in [1.807, 2.05) is 6.07 Å². The molecule has 35 heavy (non-hydrogen) atoms. The number of aromatic nitrogens is 1. The zero-order chi connectivity index (χ0) is 25.4. The lowest BCUT2D eigenvalue weighted by atomic mass is 10.1. The maximum absolute atomic E-state index is 12.6. The van der Waals surface area contributed by atoms with Crippen LogP contribution in [0.5, 0.6) is 11.5 Å². The molecule has 0 aliphatic heterocycles. The Balaban J connectivity index is 1.53. The van der Waals surface area contributed by atoms with Crippen LogP contribution in [-0.2, 0) is 14.3 Å². The van der Waals surface area contributed by atoms with E-state index >= 15 is 0 Å². The van der Waals surface area contributed by atoms with Gasteiger partial charge in [-0.05, 0) is 42.5 Å². The molecule has 3 aromatic rings. The topological polar surface area (TPSA) is 107 Å². The number of nitrogens with zero attached hydrogens (tertiary/aromatic N) is 2. The van der Waals surface area contributed by atoms with Gasteiger partial charge in [0.25, 0.3) is 11.8 Å². The molecule has 1 N–H and O–H groups in total. The molecule has 0 aliphatic carbocycles. The van der Waals surface area contributed by atoms with Crippen molar-refractivity contribution >= 4 is 45.9 Å². The maximum Gasteiger partial charge on any atom is 0.307 e. The number of carbonyl (C=O) groups is 3. The second-order valence-electron chi connectivity index (χ2n) is 7.29. The lowest BCUT2D eigenvalue weighted by molar-refractivity contribution is -0.141. The van der Waals surface area contributed by atoms with Gasteiger partial charge in [0.15, 0.2) is 11.7 Å². The zero-order valence-corrected chi connectivity index (χ0v) is 20.9. The van der Waals surface area contributed by atoms with Crippen molar-refractivity contribution in [1.29, 1.82) is 0 Å². The number of thiazole rings is 1. The smallest absolute Gasteiger partial charge is 0.307 e. The third-order valence-corrected chi connectivity index (χ3v) is 6.03. The molecule has 1 heterocycles. The molecule has 184 valence electrons. The lowest BCUT2D eigenvalue weighted by Crippen LogP contribution is -2.33. The van der Waals surface area contributed by atoms with Crippen molar-refractivity contribution in [2.75, 3.05) is 39.7 Å². The van der Waals surface area contributed by atoms with Crippen molar-refractivity contribution in [3.05, 3.63) is 58.4 Å². The summed E-state index contributed by atoms with van der Waals surface area (Å²) in [7, 11) is 4.44. The number of hydrogen-bond acceptors (Lipinski definition) is 8. The highest BCUT2D eigenvalue weighted by atomic mass is 35.5. The Labute approximate surface area is 211 Å². The molecule has 0 fully saturated rings. The summed E-state index contributed by atoms with van der Waals surface area (Å²) in [4.78, 5) is 41.7. The predicted octanol–water partition coefficient (Wildman–Crippen LogP) is 4.12. The number of ether oxygens (including phenoxy) is 3. The standard InChI is InChI=1S/C24H24ClN3O6S/c1-28(11-10-22(30)33-3)21(29)13-34-16-6-4-15(5-7-16)23(31)27-24-26-20(14-35-24)18-9-8-17(32-2)12-19(18)25/h4-9,12,14H,10-11,13H2,1-3H3,(H,26,27,31). The Morgan fingerprint density at radius 3 is 2.46 bits per heavy atom. The minimum atomic E-state index is -0.391. The highest BCUT2D eigenvalue weighted by molar-refractivity contribution is 7.14. The summed E-state index contributed by atoms with van der Waals surface area (Å²) >= 11 is 7.59. The van der Waals surface area contributed by atoms with Gasteiger partial charge in [0.05, 0.1) is 31.4 Å². The van der Waals surface area contributed by atoms with Crippen LogP contribution in [0.1, 0.15) is 16.8 Å². The molecule has 0 saturated heterocycles. The quantitative estimate of drug-likeness (QED) is 0.403. The van der Waals surface area contributed by atoms with Crippen molar-refractivity contribution in [3.8, 4) is 22.8 Å². The summed E-state index contributed by atoms with van der Waals surface area (Å²) in [6.07, 6.45) is 0.107. The summed E-state index contributed by atoms with van der Waals surface area (Å²) in [5.41, 5.74) is 1.78. The van der Waals surface area contributed by atoms with Gasteiger partial charge >= 0.3 is 5.97 Å². The number of rotatable bonds is 10. The molecule has 11 heteroatoms. The average molecular weight is 518 g/mol. The summed E-state index contributed by atoms with van der Waals surface area (Å²) in [5, 5.41) is 5.49. The van der Waals surface area contributed by atoms with E-state index in [-0.39, 0.29) is 31.4 Å². The second kappa shape index (κ2) is 12.2. The van der Waals surface area contributed by atoms with Gasteiger partial charge in [0.2, 0.25) is 0 Å². The van der Waals surface area contributed by atoms with Crippen molar-refractivity contribution in [1.82, 2.24) is 9.88 Å². The Bertz CT molecular complexity index is 1200. The van der Waals surface area contributed by atoms with Crippen LogP contribution in [0, 0.1) is 0 Å². The monoisotopic (exact) mass is 517 g/mol. The van der Waals surface area contributed by atoms with Gasteiger partial charge < -0.3 is 19.1 Å². The van der Waals surface area contributed by atoms with E-state index in [9.17, 15) is 14.4 Å². The first kappa shape index (κ1) is 26.0. The number of halogens is 1. The fourth-order valence-electron chi connectivity index (χ4n) is 2.90.